The number of rotatable bonds is 3. The second kappa shape index (κ2) is 4.95. The lowest BCUT2D eigenvalue weighted by Crippen LogP contribution is -2.09. The van der Waals surface area contributed by atoms with Gasteiger partial charge in [0.15, 0.2) is 0 Å². The lowest BCUT2D eigenvalue weighted by molar-refractivity contribution is -0.131. The van der Waals surface area contributed by atoms with E-state index in [0.717, 1.165) is 17.7 Å². The number of para-hydroxylation sites is 1. The van der Waals surface area contributed by atoms with Crippen LogP contribution in [0.15, 0.2) is 36.4 Å². The minimum atomic E-state index is -1.14. The first kappa shape index (κ1) is 11.0. The SMILES string of the molecule is Cc1ccccc1NC(=O)/C=C/C(=O)O. The van der Waals surface area contributed by atoms with E-state index in [0.29, 0.717) is 5.69 Å². The number of aliphatic carboxylic acids is 1. The number of amides is 1. The molecule has 2 N–H and O–H groups in total. The number of benzene rings is 1. The molecule has 0 atom stereocenters. The Hall–Kier alpha value is -2.10. The Morgan fingerprint density at radius 2 is 1.93 bits per heavy atom. The van der Waals surface area contributed by atoms with Crippen molar-refractivity contribution in [1.82, 2.24) is 0 Å². The molecule has 1 rings (SSSR count). The highest BCUT2D eigenvalue weighted by Crippen LogP contribution is 2.12. The molecule has 1 amide bonds. The van der Waals surface area contributed by atoms with Gasteiger partial charge in [0.2, 0.25) is 5.91 Å². The summed E-state index contributed by atoms with van der Waals surface area (Å²) >= 11 is 0. The Balaban J connectivity index is 2.67. The number of carbonyl (C=O) groups excluding carboxylic acids is 1. The topological polar surface area (TPSA) is 66.4 Å². The summed E-state index contributed by atoms with van der Waals surface area (Å²) < 4.78 is 0. The molecule has 0 fully saturated rings. The number of carboxylic acid groups (broad SMARTS) is 1. The van der Waals surface area contributed by atoms with Gasteiger partial charge in [0, 0.05) is 17.8 Å². The summed E-state index contributed by atoms with van der Waals surface area (Å²) in [7, 11) is 0. The number of aryl methyl sites for hydroxylation is 1. The molecule has 1 aromatic rings. The molecule has 0 aliphatic rings. The minimum Gasteiger partial charge on any atom is -0.478 e. The molecule has 0 saturated heterocycles. The zero-order valence-electron chi connectivity index (χ0n) is 8.23. The lowest BCUT2D eigenvalue weighted by atomic mass is 10.2. The Bertz CT molecular complexity index is 410. The van der Waals surface area contributed by atoms with E-state index in [1.54, 1.807) is 12.1 Å². The minimum absolute atomic E-state index is 0.452. The van der Waals surface area contributed by atoms with Crippen LogP contribution in [0.2, 0.25) is 0 Å². The summed E-state index contributed by atoms with van der Waals surface area (Å²) in [6.45, 7) is 1.86. The van der Waals surface area contributed by atoms with E-state index >= 15 is 0 Å². The van der Waals surface area contributed by atoms with Gasteiger partial charge in [-0.25, -0.2) is 4.79 Å². The highest BCUT2D eigenvalue weighted by Gasteiger charge is 2.00. The summed E-state index contributed by atoms with van der Waals surface area (Å²) in [5, 5.41) is 10.9. The molecule has 0 unspecified atom stereocenters. The van der Waals surface area contributed by atoms with Gasteiger partial charge < -0.3 is 10.4 Å². The van der Waals surface area contributed by atoms with Crippen molar-refractivity contribution < 1.29 is 14.7 Å². The van der Waals surface area contributed by atoms with E-state index in [-0.39, 0.29) is 0 Å². The smallest absolute Gasteiger partial charge is 0.328 e. The monoisotopic (exact) mass is 205 g/mol. The molecule has 0 heterocycles. The van der Waals surface area contributed by atoms with Crippen molar-refractivity contribution in [2.45, 2.75) is 6.92 Å². The fraction of sp³-hybridized carbons (Fsp3) is 0.0909. The zero-order chi connectivity index (χ0) is 11.3. The average molecular weight is 205 g/mol. The predicted molar refractivity (Wildman–Crippen MR) is 56.6 cm³/mol. The third kappa shape index (κ3) is 3.64. The van der Waals surface area contributed by atoms with Crippen LogP contribution in [-0.2, 0) is 9.59 Å². The summed E-state index contributed by atoms with van der Waals surface area (Å²) in [4.78, 5) is 21.4. The highest BCUT2D eigenvalue weighted by molar-refractivity contribution is 6.02. The van der Waals surface area contributed by atoms with Gasteiger partial charge in [0.05, 0.1) is 0 Å². The molecular formula is C11H11NO3. The zero-order valence-corrected chi connectivity index (χ0v) is 8.23. The maximum Gasteiger partial charge on any atom is 0.328 e. The van der Waals surface area contributed by atoms with E-state index in [1.165, 1.54) is 0 Å². The Kier molecular flexibility index (Phi) is 3.62. The van der Waals surface area contributed by atoms with Gasteiger partial charge in [-0.1, -0.05) is 18.2 Å². The van der Waals surface area contributed by atoms with Gasteiger partial charge >= 0.3 is 5.97 Å². The van der Waals surface area contributed by atoms with E-state index in [9.17, 15) is 9.59 Å². The quantitative estimate of drug-likeness (QED) is 0.736. The molecule has 0 radical (unpaired) electrons. The van der Waals surface area contributed by atoms with Crippen LogP contribution in [0.4, 0.5) is 5.69 Å². The van der Waals surface area contributed by atoms with Crippen molar-refractivity contribution in [2.75, 3.05) is 5.32 Å². The van der Waals surface area contributed by atoms with Crippen molar-refractivity contribution >= 4 is 17.6 Å². The second-order valence-corrected chi connectivity index (χ2v) is 2.98. The van der Waals surface area contributed by atoms with Crippen LogP contribution in [-0.4, -0.2) is 17.0 Å². The number of anilines is 1. The normalized spacial score (nSPS) is 10.2. The lowest BCUT2D eigenvalue weighted by Gasteiger charge is -2.04. The van der Waals surface area contributed by atoms with Gasteiger partial charge in [-0.15, -0.1) is 0 Å². The van der Waals surface area contributed by atoms with Gasteiger partial charge in [0.1, 0.15) is 0 Å². The first-order valence-electron chi connectivity index (χ1n) is 4.37. The third-order valence-electron chi connectivity index (χ3n) is 1.78. The maximum atomic E-state index is 11.2. The standard InChI is InChI=1S/C11H11NO3/c1-8-4-2-3-5-9(8)12-10(13)6-7-11(14)15/h2-7H,1H3,(H,12,13)(H,14,15)/b7-6+. The Morgan fingerprint density at radius 3 is 2.53 bits per heavy atom. The summed E-state index contributed by atoms with van der Waals surface area (Å²) in [6.07, 6.45) is 1.78. The van der Waals surface area contributed by atoms with Crippen molar-refractivity contribution in [3.8, 4) is 0 Å². The van der Waals surface area contributed by atoms with Gasteiger partial charge in [-0.3, -0.25) is 4.79 Å². The molecule has 0 aromatic heterocycles. The summed E-state index contributed by atoms with van der Waals surface area (Å²) in [6, 6.07) is 7.26. The fourth-order valence-electron chi connectivity index (χ4n) is 1.03. The number of hydrogen-bond acceptors (Lipinski definition) is 2. The van der Waals surface area contributed by atoms with Gasteiger partial charge in [-0.2, -0.15) is 0 Å². The highest BCUT2D eigenvalue weighted by atomic mass is 16.4. The van der Waals surface area contributed by atoms with Crippen molar-refractivity contribution in [3.63, 3.8) is 0 Å². The number of nitrogens with one attached hydrogen (secondary N) is 1. The number of carboxylic acids is 1. The largest absolute Gasteiger partial charge is 0.478 e. The molecular weight excluding hydrogens is 194 g/mol. The maximum absolute atomic E-state index is 11.2. The Labute approximate surface area is 87.2 Å². The third-order valence-corrected chi connectivity index (χ3v) is 1.78. The first-order chi connectivity index (χ1) is 7.09. The number of hydrogen-bond donors (Lipinski definition) is 2. The molecule has 1 aromatic carbocycles. The van der Waals surface area contributed by atoms with Crippen molar-refractivity contribution in [2.24, 2.45) is 0 Å². The van der Waals surface area contributed by atoms with Crippen LogP contribution >= 0.6 is 0 Å². The fourth-order valence-corrected chi connectivity index (χ4v) is 1.03. The first-order valence-corrected chi connectivity index (χ1v) is 4.37. The predicted octanol–water partition coefficient (Wildman–Crippen LogP) is 1.57. The van der Waals surface area contributed by atoms with E-state index in [1.807, 2.05) is 19.1 Å². The molecule has 0 spiro atoms. The molecule has 4 heteroatoms. The number of carbonyl (C=O) groups is 2. The van der Waals surface area contributed by atoms with Gasteiger partial charge in [0.25, 0.3) is 0 Å². The van der Waals surface area contributed by atoms with Gasteiger partial charge in [-0.05, 0) is 18.6 Å². The molecule has 0 bridgehead atoms. The van der Waals surface area contributed by atoms with E-state index in [2.05, 4.69) is 5.32 Å². The second-order valence-electron chi connectivity index (χ2n) is 2.98. The molecule has 78 valence electrons. The molecule has 4 nitrogen and oxygen atoms in total. The molecule has 0 aliphatic carbocycles. The molecule has 0 aliphatic heterocycles. The summed E-state index contributed by atoms with van der Waals surface area (Å²) in [5.41, 5.74) is 1.60. The van der Waals surface area contributed by atoms with Crippen molar-refractivity contribution in [3.05, 3.63) is 42.0 Å². The Morgan fingerprint density at radius 1 is 1.27 bits per heavy atom. The van der Waals surface area contributed by atoms with Crippen LogP contribution in [0.1, 0.15) is 5.56 Å². The van der Waals surface area contributed by atoms with Crippen LogP contribution in [0.25, 0.3) is 0 Å². The van der Waals surface area contributed by atoms with Crippen LogP contribution in [0, 0.1) is 6.92 Å². The summed E-state index contributed by atoms with van der Waals surface area (Å²) in [5.74, 6) is -1.60. The van der Waals surface area contributed by atoms with Crippen molar-refractivity contribution in [1.29, 1.82) is 0 Å². The average Bonchev–Trinajstić information content (AvgIpc) is 2.18. The van der Waals surface area contributed by atoms with Crippen LogP contribution < -0.4 is 5.32 Å². The van der Waals surface area contributed by atoms with E-state index in [4.69, 9.17) is 5.11 Å². The molecule has 0 saturated carbocycles. The van der Waals surface area contributed by atoms with Crippen LogP contribution in [0.3, 0.4) is 0 Å². The van der Waals surface area contributed by atoms with Crippen LogP contribution in [0.5, 0.6) is 0 Å². The van der Waals surface area contributed by atoms with E-state index < -0.39 is 11.9 Å². The molecule has 15 heavy (non-hydrogen) atoms.